The molecule has 0 aliphatic heterocycles. The van der Waals surface area contributed by atoms with E-state index in [2.05, 4.69) is 22.4 Å². The van der Waals surface area contributed by atoms with Gasteiger partial charge >= 0.3 is 6.09 Å². The average Bonchev–Trinajstić information content (AvgIpc) is 3.06. The van der Waals surface area contributed by atoms with Crippen LogP contribution in [0.3, 0.4) is 0 Å². The zero-order chi connectivity index (χ0) is 20.9. The molecule has 1 atom stereocenters. The van der Waals surface area contributed by atoms with Crippen LogP contribution in [-0.4, -0.2) is 29.7 Å². The molecule has 0 spiro atoms. The molecule has 4 rings (SSSR count). The lowest BCUT2D eigenvalue weighted by atomic mass is 9.98. The van der Waals surface area contributed by atoms with E-state index >= 15 is 0 Å². The Hall–Kier alpha value is -3.67. The maximum absolute atomic E-state index is 12.4. The van der Waals surface area contributed by atoms with Crippen molar-refractivity contribution in [3.8, 4) is 11.1 Å². The molecule has 1 aliphatic rings. The summed E-state index contributed by atoms with van der Waals surface area (Å²) in [4.78, 5) is 27.5. The van der Waals surface area contributed by atoms with Crippen molar-refractivity contribution in [2.75, 3.05) is 6.61 Å². The molecule has 0 saturated heterocycles. The van der Waals surface area contributed by atoms with Crippen molar-refractivity contribution < 1.29 is 19.4 Å². The summed E-state index contributed by atoms with van der Waals surface area (Å²) in [6, 6.07) is 19.1. The van der Waals surface area contributed by atoms with Crippen molar-refractivity contribution in [2.45, 2.75) is 24.8 Å². The van der Waals surface area contributed by atoms with Gasteiger partial charge < -0.3 is 20.0 Å². The van der Waals surface area contributed by atoms with Gasteiger partial charge in [-0.3, -0.25) is 4.98 Å². The highest BCUT2D eigenvalue weighted by molar-refractivity contribution is 5.79. The van der Waals surface area contributed by atoms with Crippen LogP contribution in [0.2, 0.25) is 0 Å². The summed E-state index contributed by atoms with van der Waals surface area (Å²) in [5.74, 6) is -1.28. The number of nitrogens with one attached hydrogen (secondary N) is 1. The lowest BCUT2D eigenvalue weighted by Crippen LogP contribution is -2.41. The van der Waals surface area contributed by atoms with Crippen LogP contribution in [0.15, 0.2) is 73.1 Å². The van der Waals surface area contributed by atoms with Crippen LogP contribution in [0.4, 0.5) is 4.79 Å². The van der Waals surface area contributed by atoms with Gasteiger partial charge in [0.25, 0.3) is 0 Å². The van der Waals surface area contributed by atoms with Crippen LogP contribution in [0.1, 0.15) is 29.0 Å². The van der Waals surface area contributed by atoms with E-state index in [9.17, 15) is 14.7 Å². The zero-order valence-electron chi connectivity index (χ0n) is 16.3. The molecule has 0 radical (unpaired) electrons. The Labute approximate surface area is 174 Å². The van der Waals surface area contributed by atoms with Crippen molar-refractivity contribution in [1.82, 2.24) is 10.3 Å². The second-order valence-corrected chi connectivity index (χ2v) is 7.30. The zero-order valence-corrected chi connectivity index (χ0v) is 16.3. The van der Waals surface area contributed by atoms with Gasteiger partial charge in [0.15, 0.2) is 0 Å². The molecule has 1 aromatic heterocycles. The van der Waals surface area contributed by atoms with Crippen molar-refractivity contribution >= 4 is 12.1 Å². The SMILES string of the molecule is O=C([O-])C[C@H](Cc1ccncc1)NC(=O)OCC1c2ccccc2-c2ccccc21. The van der Waals surface area contributed by atoms with E-state index in [1.54, 1.807) is 24.5 Å². The first-order chi connectivity index (χ1) is 14.6. The number of pyridine rings is 1. The maximum atomic E-state index is 12.4. The Morgan fingerprint density at radius 1 is 0.967 bits per heavy atom. The lowest BCUT2D eigenvalue weighted by Gasteiger charge is -2.20. The molecule has 1 N–H and O–H groups in total. The Morgan fingerprint density at radius 3 is 2.17 bits per heavy atom. The monoisotopic (exact) mass is 401 g/mol. The number of carboxylic acid groups (broad SMARTS) is 1. The largest absolute Gasteiger partial charge is 0.550 e. The molecular formula is C24H21N2O4-. The molecule has 1 amide bonds. The normalized spacial score (nSPS) is 13.2. The number of hydrogen-bond donors (Lipinski definition) is 1. The quantitative estimate of drug-likeness (QED) is 0.657. The Kier molecular flexibility index (Phi) is 5.75. The molecule has 6 nitrogen and oxygen atoms in total. The summed E-state index contributed by atoms with van der Waals surface area (Å²) in [5, 5.41) is 13.8. The Morgan fingerprint density at radius 2 is 1.57 bits per heavy atom. The van der Waals surface area contributed by atoms with E-state index in [4.69, 9.17) is 4.74 Å². The van der Waals surface area contributed by atoms with Crippen LogP contribution in [0.25, 0.3) is 11.1 Å². The predicted molar refractivity (Wildman–Crippen MR) is 110 cm³/mol. The highest BCUT2D eigenvalue weighted by Gasteiger charge is 2.29. The lowest BCUT2D eigenvalue weighted by molar-refractivity contribution is -0.306. The first-order valence-electron chi connectivity index (χ1n) is 9.82. The van der Waals surface area contributed by atoms with E-state index in [1.807, 2.05) is 36.4 Å². The Bertz CT molecular complexity index is 1010. The second kappa shape index (κ2) is 8.78. The van der Waals surface area contributed by atoms with Crippen LogP contribution in [0.5, 0.6) is 0 Å². The van der Waals surface area contributed by atoms with Crippen molar-refractivity contribution in [3.05, 3.63) is 89.7 Å². The minimum absolute atomic E-state index is 0.0528. The average molecular weight is 401 g/mol. The number of amides is 1. The van der Waals surface area contributed by atoms with E-state index in [0.717, 1.165) is 27.8 Å². The summed E-state index contributed by atoms with van der Waals surface area (Å²) in [6.45, 7) is 0.174. The van der Waals surface area contributed by atoms with Crippen LogP contribution >= 0.6 is 0 Å². The van der Waals surface area contributed by atoms with Gasteiger partial charge in [-0.15, -0.1) is 0 Å². The highest BCUT2D eigenvalue weighted by atomic mass is 16.5. The smallest absolute Gasteiger partial charge is 0.407 e. The molecule has 1 heterocycles. The molecule has 3 aromatic rings. The molecule has 0 unspecified atom stereocenters. The van der Waals surface area contributed by atoms with Gasteiger partial charge in [0.2, 0.25) is 0 Å². The molecule has 0 saturated carbocycles. The van der Waals surface area contributed by atoms with Crippen molar-refractivity contribution in [2.24, 2.45) is 0 Å². The minimum Gasteiger partial charge on any atom is -0.550 e. The summed E-state index contributed by atoms with van der Waals surface area (Å²) in [6.07, 6.45) is 2.65. The summed E-state index contributed by atoms with van der Waals surface area (Å²) < 4.78 is 5.51. The number of carbonyl (C=O) groups is 2. The molecule has 6 heteroatoms. The number of carboxylic acids is 1. The number of alkyl carbamates (subject to hydrolysis) is 1. The number of aliphatic carboxylic acids is 1. The molecular weight excluding hydrogens is 380 g/mol. The predicted octanol–water partition coefficient (Wildman–Crippen LogP) is 2.67. The van der Waals surface area contributed by atoms with Crippen molar-refractivity contribution in [3.63, 3.8) is 0 Å². The van der Waals surface area contributed by atoms with Gasteiger partial charge in [0.1, 0.15) is 6.61 Å². The first kappa shape index (κ1) is 19.6. The van der Waals surface area contributed by atoms with Gasteiger partial charge in [0.05, 0.1) is 0 Å². The number of rotatable bonds is 7. The van der Waals surface area contributed by atoms with Gasteiger partial charge in [-0.25, -0.2) is 4.79 Å². The van der Waals surface area contributed by atoms with Crippen LogP contribution in [-0.2, 0) is 16.0 Å². The van der Waals surface area contributed by atoms with E-state index in [-0.39, 0.29) is 18.9 Å². The number of ether oxygens (including phenoxy) is 1. The van der Waals surface area contributed by atoms with E-state index in [0.29, 0.717) is 6.42 Å². The number of benzene rings is 2. The molecule has 152 valence electrons. The summed E-state index contributed by atoms with van der Waals surface area (Å²) in [5.41, 5.74) is 5.41. The maximum Gasteiger partial charge on any atom is 0.407 e. The number of nitrogens with zero attached hydrogens (tertiary/aromatic N) is 1. The molecule has 1 aliphatic carbocycles. The van der Waals surface area contributed by atoms with Gasteiger partial charge in [-0.2, -0.15) is 0 Å². The number of fused-ring (bicyclic) bond motifs is 3. The first-order valence-corrected chi connectivity index (χ1v) is 9.82. The fourth-order valence-corrected chi connectivity index (χ4v) is 3.99. The molecule has 0 bridgehead atoms. The number of carbonyl (C=O) groups excluding carboxylic acids is 2. The summed E-state index contributed by atoms with van der Waals surface area (Å²) in [7, 11) is 0. The number of hydrogen-bond acceptors (Lipinski definition) is 5. The third-order valence-corrected chi connectivity index (χ3v) is 5.31. The summed E-state index contributed by atoms with van der Waals surface area (Å²) >= 11 is 0. The topological polar surface area (TPSA) is 91.4 Å². The highest BCUT2D eigenvalue weighted by Crippen LogP contribution is 2.44. The number of aromatic nitrogens is 1. The van der Waals surface area contributed by atoms with E-state index < -0.39 is 18.1 Å². The second-order valence-electron chi connectivity index (χ2n) is 7.30. The fourth-order valence-electron chi connectivity index (χ4n) is 3.99. The van der Waals surface area contributed by atoms with Crippen LogP contribution < -0.4 is 10.4 Å². The van der Waals surface area contributed by atoms with Gasteiger partial charge in [-0.1, -0.05) is 48.5 Å². The molecule has 30 heavy (non-hydrogen) atoms. The third-order valence-electron chi connectivity index (χ3n) is 5.31. The van der Waals surface area contributed by atoms with E-state index in [1.165, 1.54) is 0 Å². The molecule has 2 aromatic carbocycles. The fraction of sp³-hybridized carbons (Fsp3) is 0.208. The van der Waals surface area contributed by atoms with Crippen molar-refractivity contribution in [1.29, 1.82) is 0 Å². The minimum atomic E-state index is -1.23. The standard InChI is InChI=1S/C24H22N2O4/c27-23(28)14-17(13-16-9-11-25-12-10-16)26-24(29)30-15-22-20-7-3-1-5-18(20)19-6-2-4-8-21(19)22/h1-12,17,22H,13-15H2,(H,26,29)(H,27,28)/p-1/t17-/m0/s1. The Balaban J connectivity index is 1.43. The van der Waals surface area contributed by atoms with Gasteiger partial charge in [-0.05, 0) is 46.4 Å². The van der Waals surface area contributed by atoms with Gasteiger partial charge in [0, 0.05) is 36.7 Å². The van der Waals surface area contributed by atoms with Crippen LogP contribution in [0, 0.1) is 0 Å². The third kappa shape index (κ3) is 4.33. The molecule has 0 fully saturated rings.